The number of rotatable bonds is 4. The SMILES string of the molecule is COc1ccccc1C(N)CS(=O)(=O)C(C)(C)C. The van der Waals surface area contributed by atoms with E-state index in [0.29, 0.717) is 11.3 Å². The monoisotopic (exact) mass is 271 g/mol. The molecule has 5 heteroatoms. The molecular formula is C13H21NO3S. The summed E-state index contributed by atoms with van der Waals surface area (Å²) in [7, 11) is -1.71. The van der Waals surface area contributed by atoms with Crippen molar-refractivity contribution in [1.82, 2.24) is 0 Å². The van der Waals surface area contributed by atoms with Gasteiger partial charge in [0.05, 0.1) is 17.6 Å². The van der Waals surface area contributed by atoms with E-state index in [0.717, 1.165) is 0 Å². The molecule has 0 amide bonds. The van der Waals surface area contributed by atoms with Crippen molar-refractivity contribution in [2.45, 2.75) is 31.6 Å². The zero-order valence-corrected chi connectivity index (χ0v) is 12.1. The highest BCUT2D eigenvalue weighted by atomic mass is 32.2. The van der Waals surface area contributed by atoms with Crippen LogP contribution in [0.3, 0.4) is 0 Å². The van der Waals surface area contributed by atoms with Crippen molar-refractivity contribution < 1.29 is 13.2 Å². The largest absolute Gasteiger partial charge is 0.496 e. The van der Waals surface area contributed by atoms with Crippen LogP contribution in [-0.2, 0) is 9.84 Å². The zero-order valence-electron chi connectivity index (χ0n) is 11.3. The number of hydrogen-bond acceptors (Lipinski definition) is 4. The molecule has 0 fully saturated rings. The van der Waals surface area contributed by atoms with Crippen LogP contribution in [-0.4, -0.2) is 26.0 Å². The molecule has 0 saturated heterocycles. The van der Waals surface area contributed by atoms with Crippen LogP contribution in [0.5, 0.6) is 5.75 Å². The van der Waals surface area contributed by atoms with Crippen molar-refractivity contribution in [3.8, 4) is 5.75 Å². The van der Waals surface area contributed by atoms with Gasteiger partial charge in [-0.2, -0.15) is 0 Å². The fraction of sp³-hybridized carbons (Fsp3) is 0.538. The molecule has 0 aliphatic heterocycles. The van der Waals surface area contributed by atoms with Gasteiger partial charge in [-0.1, -0.05) is 18.2 Å². The predicted molar refractivity (Wildman–Crippen MR) is 73.5 cm³/mol. The first-order valence-corrected chi connectivity index (χ1v) is 7.45. The van der Waals surface area contributed by atoms with E-state index in [2.05, 4.69) is 0 Å². The molecule has 0 spiro atoms. The molecule has 1 rings (SSSR count). The lowest BCUT2D eigenvalue weighted by atomic mass is 10.1. The van der Waals surface area contributed by atoms with Gasteiger partial charge >= 0.3 is 0 Å². The summed E-state index contributed by atoms with van der Waals surface area (Å²) in [6.45, 7) is 5.03. The third-order valence-corrected chi connectivity index (χ3v) is 5.53. The quantitative estimate of drug-likeness (QED) is 0.908. The fourth-order valence-corrected chi connectivity index (χ4v) is 2.70. The van der Waals surface area contributed by atoms with E-state index in [1.54, 1.807) is 40.0 Å². The van der Waals surface area contributed by atoms with Gasteiger partial charge in [-0.15, -0.1) is 0 Å². The van der Waals surface area contributed by atoms with Crippen molar-refractivity contribution in [2.24, 2.45) is 5.73 Å². The van der Waals surface area contributed by atoms with E-state index in [-0.39, 0.29) is 5.75 Å². The Hall–Kier alpha value is -1.07. The molecule has 18 heavy (non-hydrogen) atoms. The van der Waals surface area contributed by atoms with Crippen LogP contribution in [0.25, 0.3) is 0 Å². The Morgan fingerprint density at radius 2 is 1.83 bits per heavy atom. The highest BCUT2D eigenvalue weighted by molar-refractivity contribution is 7.92. The third-order valence-electron chi connectivity index (χ3n) is 2.87. The van der Waals surface area contributed by atoms with Gasteiger partial charge < -0.3 is 10.5 Å². The average molecular weight is 271 g/mol. The van der Waals surface area contributed by atoms with E-state index in [4.69, 9.17) is 10.5 Å². The zero-order chi connectivity index (χ0) is 14.0. The molecule has 2 N–H and O–H groups in total. The van der Waals surface area contributed by atoms with Gasteiger partial charge in [0.1, 0.15) is 5.75 Å². The summed E-state index contributed by atoms with van der Waals surface area (Å²) in [6, 6.07) is 6.64. The smallest absolute Gasteiger partial charge is 0.157 e. The minimum absolute atomic E-state index is 0.0864. The first kappa shape index (κ1) is 15.0. The molecular weight excluding hydrogens is 250 g/mol. The van der Waals surface area contributed by atoms with Crippen LogP contribution < -0.4 is 10.5 Å². The Balaban J connectivity index is 3.00. The van der Waals surface area contributed by atoms with Crippen molar-refractivity contribution in [2.75, 3.05) is 12.9 Å². The minimum Gasteiger partial charge on any atom is -0.496 e. The Bertz CT molecular complexity index is 503. The van der Waals surface area contributed by atoms with Crippen LogP contribution in [0.15, 0.2) is 24.3 Å². The maximum Gasteiger partial charge on any atom is 0.157 e. The number of hydrogen-bond donors (Lipinski definition) is 1. The van der Waals surface area contributed by atoms with E-state index in [9.17, 15) is 8.42 Å². The Morgan fingerprint density at radius 1 is 1.28 bits per heavy atom. The first-order chi connectivity index (χ1) is 8.19. The summed E-state index contributed by atoms with van der Waals surface area (Å²) in [6.07, 6.45) is 0. The minimum atomic E-state index is -3.25. The van der Waals surface area contributed by atoms with Gasteiger partial charge in [0.2, 0.25) is 0 Å². The molecule has 1 aromatic carbocycles. The van der Waals surface area contributed by atoms with Gasteiger partial charge in [-0.05, 0) is 26.8 Å². The van der Waals surface area contributed by atoms with Crippen molar-refractivity contribution in [1.29, 1.82) is 0 Å². The van der Waals surface area contributed by atoms with Crippen molar-refractivity contribution >= 4 is 9.84 Å². The molecule has 102 valence electrons. The summed E-state index contributed by atoms with van der Waals surface area (Å²) < 4.78 is 28.6. The Labute approximate surface area is 109 Å². The molecule has 0 aliphatic rings. The van der Waals surface area contributed by atoms with E-state index in [1.165, 1.54) is 0 Å². The third kappa shape index (κ3) is 3.23. The second-order valence-corrected chi connectivity index (χ2v) is 8.03. The number of methoxy groups -OCH3 is 1. The molecule has 0 aromatic heterocycles. The van der Waals surface area contributed by atoms with Gasteiger partial charge in [-0.25, -0.2) is 8.42 Å². The van der Waals surface area contributed by atoms with Crippen LogP contribution in [0.1, 0.15) is 32.4 Å². The number of para-hydroxylation sites is 1. The topological polar surface area (TPSA) is 69.4 Å². The summed E-state index contributed by atoms with van der Waals surface area (Å²) in [5.41, 5.74) is 6.71. The van der Waals surface area contributed by atoms with Gasteiger partial charge in [0.25, 0.3) is 0 Å². The number of ether oxygens (including phenoxy) is 1. The first-order valence-electron chi connectivity index (χ1n) is 5.80. The van der Waals surface area contributed by atoms with Crippen LogP contribution >= 0.6 is 0 Å². The standard InChI is InChI=1S/C13H21NO3S/c1-13(2,3)18(15,16)9-11(14)10-7-5-6-8-12(10)17-4/h5-8,11H,9,14H2,1-4H3. The van der Waals surface area contributed by atoms with Crippen LogP contribution in [0.2, 0.25) is 0 Å². The molecule has 1 unspecified atom stereocenters. The van der Waals surface area contributed by atoms with Gasteiger partial charge in [0.15, 0.2) is 9.84 Å². The van der Waals surface area contributed by atoms with E-state index < -0.39 is 20.6 Å². The van der Waals surface area contributed by atoms with E-state index >= 15 is 0 Å². The van der Waals surface area contributed by atoms with Gasteiger partial charge in [-0.3, -0.25) is 0 Å². The molecule has 4 nitrogen and oxygen atoms in total. The lowest BCUT2D eigenvalue weighted by Crippen LogP contribution is -2.35. The molecule has 0 bridgehead atoms. The Kier molecular flexibility index (Phi) is 4.40. The lowest BCUT2D eigenvalue weighted by molar-refractivity contribution is 0.407. The summed E-state index contributed by atoms with van der Waals surface area (Å²) in [5, 5.41) is 0. The van der Waals surface area contributed by atoms with Crippen molar-refractivity contribution in [3.05, 3.63) is 29.8 Å². The average Bonchev–Trinajstić information content (AvgIpc) is 2.26. The molecule has 0 heterocycles. The number of benzene rings is 1. The summed E-state index contributed by atoms with van der Waals surface area (Å²) >= 11 is 0. The number of sulfone groups is 1. The molecule has 0 saturated carbocycles. The number of nitrogens with two attached hydrogens (primary N) is 1. The maximum absolute atomic E-state index is 12.1. The lowest BCUT2D eigenvalue weighted by Gasteiger charge is -2.23. The molecule has 0 aliphatic carbocycles. The van der Waals surface area contributed by atoms with Crippen molar-refractivity contribution in [3.63, 3.8) is 0 Å². The maximum atomic E-state index is 12.1. The van der Waals surface area contributed by atoms with Crippen LogP contribution in [0.4, 0.5) is 0 Å². The molecule has 1 aromatic rings. The second kappa shape index (κ2) is 5.28. The normalized spacial score (nSPS) is 14.3. The summed E-state index contributed by atoms with van der Waals surface area (Å²) in [4.78, 5) is 0. The fourth-order valence-electron chi connectivity index (χ4n) is 1.55. The predicted octanol–water partition coefficient (Wildman–Crippen LogP) is 1.91. The Morgan fingerprint density at radius 3 is 2.33 bits per heavy atom. The van der Waals surface area contributed by atoms with Gasteiger partial charge in [0, 0.05) is 11.6 Å². The second-order valence-electron chi connectivity index (χ2n) is 5.24. The highest BCUT2D eigenvalue weighted by Gasteiger charge is 2.31. The van der Waals surface area contributed by atoms with E-state index in [1.807, 2.05) is 12.1 Å². The summed E-state index contributed by atoms with van der Waals surface area (Å²) in [5.74, 6) is 0.533. The molecule has 1 atom stereocenters. The molecule has 0 radical (unpaired) electrons. The highest BCUT2D eigenvalue weighted by Crippen LogP contribution is 2.27. The van der Waals surface area contributed by atoms with Crippen LogP contribution in [0, 0.1) is 0 Å².